The molecule has 1 N–H and O–H groups in total. The summed E-state index contributed by atoms with van der Waals surface area (Å²) in [6, 6.07) is -0.0918. The van der Waals surface area contributed by atoms with Crippen LogP contribution in [0, 0.1) is 5.41 Å². The number of halogens is 4. The number of hydrogen-bond donors (Lipinski definition) is 1. The van der Waals surface area contributed by atoms with Crippen LogP contribution in [0.4, 0.5) is 17.6 Å². The second kappa shape index (κ2) is 4.90. The van der Waals surface area contributed by atoms with Gasteiger partial charge in [0.25, 0.3) is 0 Å². The first kappa shape index (κ1) is 13.7. The lowest BCUT2D eigenvalue weighted by Gasteiger charge is -2.39. The van der Waals surface area contributed by atoms with Crippen LogP contribution in [0.25, 0.3) is 0 Å². The molecule has 0 heterocycles. The van der Waals surface area contributed by atoms with Gasteiger partial charge in [-0.25, -0.2) is 8.78 Å². The van der Waals surface area contributed by atoms with Crippen molar-refractivity contribution in [2.45, 2.75) is 57.9 Å². The maximum atomic E-state index is 12.7. The molecule has 1 unspecified atom stereocenters. The highest BCUT2D eigenvalue weighted by molar-refractivity contribution is 4.89. The monoisotopic (exact) mass is 241 g/mol. The first-order valence-corrected chi connectivity index (χ1v) is 5.65. The molecule has 0 aromatic carbocycles. The van der Waals surface area contributed by atoms with Crippen molar-refractivity contribution >= 4 is 0 Å². The Bertz CT molecular complexity index is 228. The van der Waals surface area contributed by atoms with Crippen molar-refractivity contribution in [1.82, 2.24) is 5.32 Å². The fourth-order valence-electron chi connectivity index (χ4n) is 2.21. The minimum atomic E-state index is -3.92. The molecule has 1 rings (SSSR count). The molecule has 0 radical (unpaired) electrons. The number of nitrogens with one attached hydrogen (secondary N) is 1. The predicted molar refractivity (Wildman–Crippen MR) is 55.0 cm³/mol. The van der Waals surface area contributed by atoms with Crippen LogP contribution in [0.5, 0.6) is 0 Å². The second-order valence-corrected chi connectivity index (χ2v) is 5.23. The van der Waals surface area contributed by atoms with Gasteiger partial charge in [0, 0.05) is 6.04 Å². The van der Waals surface area contributed by atoms with Gasteiger partial charge in [-0.2, -0.15) is 8.78 Å². The summed E-state index contributed by atoms with van der Waals surface area (Å²) in [4.78, 5) is 0. The Hall–Kier alpha value is -0.320. The maximum Gasteiger partial charge on any atom is 0.319 e. The lowest BCUT2D eigenvalue weighted by Crippen LogP contribution is -2.49. The van der Waals surface area contributed by atoms with Crippen molar-refractivity contribution in [2.24, 2.45) is 5.41 Å². The topological polar surface area (TPSA) is 12.0 Å². The Balaban J connectivity index is 2.48. The van der Waals surface area contributed by atoms with Gasteiger partial charge in [0.05, 0.1) is 6.54 Å². The van der Waals surface area contributed by atoms with Crippen LogP contribution in [-0.2, 0) is 0 Å². The third-order valence-corrected chi connectivity index (χ3v) is 3.41. The molecule has 1 aliphatic rings. The number of rotatable bonds is 4. The van der Waals surface area contributed by atoms with Crippen molar-refractivity contribution in [1.29, 1.82) is 0 Å². The molecule has 16 heavy (non-hydrogen) atoms. The number of alkyl halides is 4. The van der Waals surface area contributed by atoms with E-state index in [1.165, 1.54) is 0 Å². The second-order valence-electron chi connectivity index (χ2n) is 5.23. The van der Waals surface area contributed by atoms with Gasteiger partial charge in [0.1, 0.15) is 0 Å². The average Bonchev–Trinajstić information content (AvgIpc) is 2.15. The first-order valence-electron chi connectivity index (χ1n) is 5.65. The van der Waals surface area contributed by atoms with Crippen LogP contribution in [-0.4, -0.2) is 24.9 Å². The van der Waals surface area contributed by atoms with Crippen LogP contribution < -0.4 is 5.32 Å². The fourth-order valence-corrected chi connectivity index (χ4v) is 2.21. The standard InChI is InChI=1S/C11H19F4N/c1-10(2)6-4-3-5-8(10)16-7-11(14,15)9(12)13/h8-9,16H,3-7H2,1-2H3. The quantitative estimate of drug-likeness (QED) is 0.743. The molecule has 1 atom stereocenters. The van der Waals surface area contributed by atoms with Crippen molar-refractivity contribution in [2.75, 3.05) is 6.54 Å². The van der Waals surface area contributed by atoms with Crippen LogP contribution in [0.15, 0.2) is 0 Å². The molecule has 0 aromatic rings. The van der Waals surface area contributed by atoms with Gasteiger partial charge >= 0.3 is 12.3 Å². The van der Waals surface area contributed by atoms with Crippen LogP contribution >= 0.6 is 0 Å². The summed E-state index contributed by atoms with van der Waals surface area (Å²) in [5, 5.41) is 2.60. The molecule has 0 amide bonds. The van der Waals surface area contributed by atoms with Crippen LogP contribution in [0.1, 0.15) is 39.5 Å². The van der Waals surface area contributed by atoms with E-state index in [2.05, 4.69) is 5.32 Å². The molecule has 0 aliphatic heterocycles. The van der Waals surface area contributed by atoms with Crippen molar-refractivity contribution in [3.05, 3.63) is 0 Å². The van der Waals surface area contributed by atoms with Crippen LogP contribution in [0.3, 0.4) is 0 Å². The molecular formula is C11H19F4N. The van der Waals surface area contributed by atoms with E-state index in [4.69, 9.17) is 0 Å². The lowest BCUT2D eigenvalue weighted by atomic mass is 9.73. The molecule has 1 fully saturated rings. The lowest BCUT2D eigenvalue weighted by molar-refractivity contribution is -0.128. The zero-order valence-electron chi connectivity index (χ0n) is 9.70. The Kier molecular flexibility index (Phi) is 4.21. The summed E-state index contributed by atoms with van der Waals surface area (Å²) in [6.07, 6.45) is 0.196. The van der Waals surface area contributed by atoms with Crippen molar-refractivity contribution < 1.29 is 17.6 Å². The third kappa shape index (κ3) is 3.34. The van der Waals surface area contributed by atoms with E-state index in [1.807, 2.05) is 13.8 Å². The van der Waals surface area contributed by atoms with Gasteiger partial charge in [-0.05, 0) is 18.3 Å². The Morgan fingerprint density at radius 1 is 1.31 bits per heavy atom. The van der Waals surface area contributed by atoms with E-state index in [1.54, 1.807) is 0 Å². The average molecular weight is 241 g/mol. The highest BCUT2D eigenvalue weighted by Gasteiger charge is 2.42. The Morgan fingerprint density at radius 2 is 1.94 bits per heavy atom. The summed E-state index contributed by atoms with van der Waals surface area (Å²) >= 11 is 0. The van der Waals surface area contributed by atoms with E-state index in [9.17, 15) is 17.6 Å². The highest BCUT2D eigenvalue weighted by Crippen LogP contribution is 2.36. The van der Waals surface area contributed by atoms with Crippen LogP contribution in [0.2, 0.25) is 0 Å². The summed E-state index contributed by atoms with van der Waals surface area (Å²) in [5.74, 6) is -3.92. The summed E-state index contributed by atoms with van der Waals surface area (Å²) in [7, 11) is 0. The molecule has 1 saturated carbocycles. The van der Waals surface area contributed by atoms with E-state index < -0.39 is 18.9 Å². The number of hydrogen-bond acceptors (Lipinski definition) is 1. The maximum absolute atomic E-state index is 12.7. The van der Waals surface area contributed by atoms with E-state index >= 15 is 0 Å². The van der Waals surface area contributed by atoms with E-state index in [-0.39, 0.29) is 11.5 Å². The molecule has 0 spiro atoms. The summed E-state index contributed by atoms with van der Waals surface area (Å²) in [6.45, 7) is 3.05. The smallest absolute Gasteiger partial charge is 0.308 e. The molecule has 0 bridgehead atoms. The zero-order valence-corrected chi connectivity index (χ0v) is 9.70. The highest BCUT2D eigenvalue weighted by atomic mass is 19.3. The molecular weight excluding hydrogens is 222 g/mol. The largest absolute Gasteiger partial charge is 0.319 e. The summed E-state index contributed by atoms with van der Waals surface area (Å²) in [5.41, 5.74) is -0.0869. The molecule has 1 aliphatic carbocycles. The zero-order chi connectivity index (χ0) is 12.4. The Labute approximate surface area is 93.6 Å². The van der Waals surface area contributed by atoms with Gasteiger partial charge in [0.2, 0.25) is 0 Å². The summed E-state index contributed by atoms with van der Waals surface area (Å²) < 4.78 is 49.4. The fraction of sp³-hybridized carbons (Fsp3) is 1.00. The van der Waals surface area contributed by atoms with E-state index in [0.29, 0.717) is 0 Å². The van der Waals surface area contributed by atoms with Crippen molar-refractivity contribution in [3.8, 4) is 0 Å². The normalized spacial score (nSPS) is 26.1. The van der Waals surface area contributed by atoms with Gasteiger partial charge < -0.3 is 5.32 Å². The van der Waals surface area contributed by atoms with Crippen molar-refractivity contribution in [3.63, 3.8) is 0 Å². The third-order valence-electron chi connectivity index (χ3n) is 3.41. The van der Waals surface area contributed by atoms with Gasteiger partial charge in [-0.3, -0.25) is 0 Å². The molecule has 0 saturated heterocycles. The minimum Gasteiger partial charge on any atom is -0.308 e. The van der Waals surface area contributed by atoms with E-state index in [0.717, 1.165) is 25.7 Å². The molecule has 96 valence electrons. The minimum absolute atomic E-state index is 0.0869. The molecule has 5 heteroatoms. The predicted octanol–water partition coefficient (Wildman–Crippen LogP) is 3.45. The molecule has 0 aromatic heterocycles. The van der Waals surface area contributed by atoms with Gasteiger partial charge in [-0.15, -0.1) is 0 Å². The Morgan fingerprint density at radius 3 is 2.44 bits per heavy atom. The first-order chi connectivity index (χ1) is 7.26. The SMILES string of the molecule is CC1(C)CCCCC1NCC(F)(F)C(F)F. The van der Waals surface area contributed by atoms with Gasteiger partial charge in [-0.1, -0.05) is 26.7 Å². The molecule has 1 nitrogen and oxygen atoms in total. The van der Waals surface area contributed by atoms with Gasteiger partial charge in [0.15, 0.2) is 0 Å².